The predicted octanol–water partition coefficient (Wildman–Crippen LogP) is 3.29. The molecule has 2 rings (SSSR count). The molecule has 0 aliphatic rings. The molecule has 0 amide bonds. The number of ether oxygens (including phenoxy) is 1. The number of carbonyl (C=O) groups is 1. The first-order chi connectivity index (χ1) is 9.04. The number of hydrogen-bond donors (Lipinski definition) is 1. The highest BCUT2D eigenvalue weighted by atomic mass is 19.1. The molecule has 0 radical (unpaired) electrons. The van der Waals surface area contributed by atoms with Crippen molar-refractivity contribution in [2.24, 2.45) is 0 Å². The number of rotatable bonds is 2. The number of aryl methyl sites for hydroxylation is 1. The number of carbonyl (C=O) groups excluding carboxylic acids is 1. The molecule has 0 spiro atoms. The van der Waals surface area contributed by atoms with Crippen LogP contribution < -0.4 is 0 Å². The second-order valence-corrected chi connectivity index (χ2v) is 4.18. The maximum atomic E-state index is 13.9. The van der Waals surface area contributed by atoms with Crippen molar-refractivity contribution < 1.29 is 19.0 Å². The molecule has 0 saturated carbocycles. The first kappa shape index (κ1) is 13.1. The number of aromatic hydroxyl groups is 1. The fourth-order valence-electron chi connectivity index (χ4n) is 1.98. The molecule has 3 nitrogen and oxygen atoms in total. The highest BCUT2D eigenvalue weighted by Crippen LogP contribution is 2.33. The Bertz CT molecular complexity index is 635. The van der Waals surface area contributed by atoms with Crippen LogP contribution in [-0.4, -0.2) is 18.2 Å². The van der Waals surface area contributed by atoms with Gasteiger partial charge in [0.15, 0.2) is 0 Å². The largest absolute Gasteiger partial charge is 0.507 e. The molecule has 4 heteroatoms. The quantitative estimate of drug-likeness (QED) is 0.843. The zero-order valence-electron chi connectivity index (χ0n) is 10.6. The Morgan fingerprint density at radius 1 is 1.21 bits per heavy atom. The van der Waals surface area contributed by atoms with Crippen molar-refractivity contribution in [3.63, 3.8) is 0 Å². The number of phenolic OH excluding ortho intramolecular Hbond substituents is 1. The Morgan fingerprint density at radius 3 is 2.53 bits per heavy atom. The van der Waals surface area contributed by atoms with Gasteiger partial charge in [-0.3, -0.25) is 0 Å². The van der Waals surface area contributed by atoms with Crippen LogP contribution in [0.15, 0.2) is 36.4 Å². The van der Waals surface area contributed by atoms with E-state index in [1.807, 2.05) is 0 Å². The third kappa shape index (κ3) is 2.42. The Balaban J connectivity index is 2.75. The van der Waals surface area contributed by atoms with Crippen molar-refractivity contribution in [2.45, 2.75) is 6.92 Å². The van der Waals surface area contributed by atoms with Gasteiger partial charge >= 0.3 is 5.97 Å². The summed E-state index contributed by atoms with van der Waals surface area (Å²) in [7, 11) is 1.22. The fourth-order valence-corrected chi connectivity index (χ4v) is 1.98. The molecular weight excluding hydrogens is 247 g/mol. The molecule has 0 aliphatic heterocycles. The second-order valence-electron chi connectivity index (χ2n) is 4.18. The highest BCUT2D eigenvalue weighted by Gasteiger charge is 2.20. The molecule has 98 valence electrons. The molecule has 0 fully saturated rings. The maximum Gasteiger partial charge on any atom is 0.342 e. The Kier molecular flexibility index (Phi) is 3.51. The van der Waals surface area contributed by atoms with Gasteiger partial charge < -0.3 is 9.84 Å². The van der Waals surface area contributed by atoms with E-state index in [2.05, 4.69) is 4.74 Å². The van der Waals surface area contributed by atoms with E-state index in [-0.39, 0.29) is 16.9 Å². The molecule has 0 aliphatic carbocycles. The van der Waals surface area contributed by atoms with E-state index in [0.29, 0.717) is 5.56 Å². The molecule has 0 saturated heterocycles. The predicted molar refractivity (Wildman–Crippen MR) is 69.6 cm³/mol. The van der Waals surface area contributed by atoms with Crippen LogP contribution in [0, 0.1) is 12.7 Å². The molecule has 0 atom stereocenters. The summed E-state index contributed by atoms with van der Waals surface area (Å²) in [5, 5.41) is 9.90. The summed E-state index contributed by atoms with van der Waals surface area (Å²) in [6.45, 7) is 1.76. The molecule has 1 N–H and O–H groups in total. The Morgan fingerprint density at radius 2 is 1.89 bits per heavy atom. The minimum absolute atomic E-state index is 0.0294. The summed E-state index contributed by atoms with van der Waals surface area (Å²) < 4.78 is 18.5. The number of methoxy groups -OCH3 is 1. The minimum atomic E-state index is -0.698. The number of halogens is 1. The van der Waals surface area contributed by atoms with Crippen LogP contribution in [0.2, 0.25) is 0 Å². The van der Waals surface area contributed by atoms with Gasteiger partial charge in [0.05, 0.1) is 7.11 Å². The lowest BCUT2D eigenvalue weighted by Gasteiger charge is -2.12. The second kappa shape index (κ2) is 5.10. The first-order valence-corrected chi connectivity index (χ1v) is 5.71. The molecule has 0 unspecified atom stereocenters. The van der Waals surface area contributed by atoms with E-state index in [4.69, 9.17) is 0 Å². The normalized spacial score (nSPS) is 10.3. The average molecular weight is 260 g/mol. The van der Waals surface area contributed by atoms with E-state index in [0.717, 1.165) is 5.56 Å². The molecule has 0 heterocycles. The summed E-state index contributed by atoms with van der Waals surface area (Å²) in [6, 6.07) is 9.16. The van der Waals surface area contributed by atoms with Crippen LogP contribution in [-0.2, 0) is 4.74 Å². The van der Waals surface area contributed by atoms with Crippen LogP contribution in [0.3, 0.4) is 0 Å². The van der Waals surface area contributed by atoms with Gasteiger partial charge in [-0.2, -0.15) is 0 Å². The molecule has 2 aromatic carbocycles. The zero-order valence-corrected chi connectivity index (χ0v) is 10.6. The van der Waals surface area contributed by atoms with Crippen LogP contribution in [0.25, 0.3) is 11.1 Å². The van der Waals surface area contributed by atoms with Gasteiger partial charge in [-0.1, -0.05) is 24.3 Å². The van der Waals surface area contributed by atoms with Gasteiger partial charge in [-0.15, -0.1) is 0 Å². The summed E-state index contributed by atoms with van der Waals surface area (Å²) in [4.78, 5) is 11.7. The van der Waals surface area contributed by atoms with Gasteiger partial charge in [-0.25, -0.2) is 9.18 Å². The zero-order chi connectivity index (χ0) is 14.0. The number of esters is 1. The lowest BCUT2D eigenvalue weighted by molar-refractivity contribution is 0.0598. The third-order valence-electron chi connectivity index (χ3n) is 2.82. The summed E-state index contributed by atoms with van der Waals surface area (Å²) in [5.41, 5.74) is 1.27. The molecule has 2 aromatic rings. The Hall–Kier alpha value is -2.36. The summed E-state index contributed by atoms with van der Waals surface area (Å²) >= 11 is 0. The van der Waals surface area contributed by atoms with Crippen molar-refractivity contribution in [3.05, 3.63) is 53.3 Å². The standard InChI is InChI=1S/C15H13FO3/c1-9-7-11(10-5-3-4-6-12(10)16)14(13(17)8-9)15(18)19-2/h3-8,17H,1-2H3. The van der Waals surface area contributed by atoms with Crippen LogP contribution in [0.1, 0.15) is 15.9 Å². The monoisotopic (exact) mass is 260 g/mol. The maximum absolute atomic E-state index is 13.9. The number of benzene rings is 2. The molecule has 0 aromatic heterocycles. The molecule has 0 bridgehead atoms. The van der Waals surface area contributed by atoms with Crippen LogP contribution >= 0.6 is 0 Å². The van der Waals surface area contributed by atoms with Gasteiger partial charge in [0, 0.05) is 11.1 Å². The van der Waals surface area contributed by atoms with E-state index >= 15 is 0 Å². The first-order valence-electron chi connectivity index (χ1n) is 5.71. The van der Waals surface area contributed by atoms with Crippen molar-refractivity contribution in [1.82, 2.24) is 0 Å². The SMILES string of the molecule is COC(=O)c1c(O)cc(C)cc1-c1ccccc1F. The van der Waals surface area contributed by atoms with E-state index in [1.54, 1.807) is 31.2 Å². The Labute approximate surface area is 110 Å². The molecular formula is C15H13FO3. The van der Waals surface area contributed by atoms with Gasteiger partial charge in [0.25, 0.3) is 0 Å². The van der Waals surface area contributed by atoms with E-state index in [9.17, 15) is 14.3 Å². The number of hydrogen-bond acceptors (Lipinski definition) is 3. The van der Waals surface area contributed by atoms with Crippen LogP contribution in [0.4, 0.5) is 4.39 Å². The smallest absolute Gasteiger partial charge is 0.342 e. The summed E-state index contributed by atoms with van der Waals surface area (Å²) in [6.07, 6.45) is 0. The minimum Gasteiger partial charge on any atom is -0.507 e. The summed E-state index contributed by atoms with van der Waals surface area (Å²) in [5.74, 6) is -1.38. The van der Waals surface area contributed by atoms with Crippen molar-refractivity contribution >= 4 is 5.97 Å². The fraction of sp³-hybridized carbons (Fsp3) is 0.133. The van der Waals surface area contributed by atoms with Crippen molar-refractivity contribution in [2.75, 3.05) is 7.11 Å². The lowest BCUT2D eigenvalue weighted by atomic mass is 9.96. The highest BCUT2D eigenvalue weighted by molar-refractivity contribution is 6.00. The van der Waals surface area contributed by atoms with Crippen molar-refractivity contribution in [3.8, 4) is 16.9 Å². The van der Waals surface area contributed by atoms with E-state index < -0.39 is 11.8 Å². The van der Waals surface area contributed by atoms with Gasteiger partial charge in [0.1, 0.15) is 17.1 Å². The van der Waals surface area contributed by atoms with Gasteiger partial charge in [0.2, 0.25) is 0 Å². The average Bonchev–Trinajstić information content (AvgIpc) is 2.37. The van der Waals surface area contributed by atoms with Crippen molar-refractivity contribution in [1.29, 1.82) is 0 Å². The lowest BCUT2D eigenvalue weighted by Crippen LogP contribution is -2.05. The number of phenols is 1. The molecule has 19 heavy (non-hydrogen) atoms. The van der Waals surface area contributed by atoms with Crippen LogP contribution in [0.5, 0.6) is 5.75 Å². The topological polar surface area (TPSA) is 46.5 Å². The van der Waals surface area contributed by atoms with Gasteiger partial charge in [-0.05, 0) is 24.6 Å². The van der Waals surface area contributed by atoms with E-state index in [1.165, 1.54) is 19.2 Å². The third-order valence-corrected chi connectivity index (χ3v) is 2.82.